The van der Waals surface area contributed by atoms with Crippen LogP contribution in [0, 0.1) is 0 Å². The molecular formula is C20H8N2O4S4. The van der Waals surface area contributed by atoms with Crippen LogP contribution in [-0.2, 0) is 0 Å². The van der Waals surface area contributed by atoms with Crippen LogP contribution in [0.2, 0.25) is 0 Å². The summed E-state index contributed by atoms with van der Waals surface area (Å²) in [6.45, 7) is 0. The number of hydrogen-bond donors (Lipinski definition) is 2. The van der Waals surface area contributed by atoms with Gasteiger partial charge in [0.15, 0.2) is 0 Å². The van der Waals surface area contributed by atoms with E-state index in [1.807, 2.05) is 24.3 Å². The van der Waals surface area contributed by atoms with Crippen LogP contribution in [0.1, 0.15) is 40.1 Å². The van der Waals surface area contributed by atoms with Crippen molar-refractivity contribution in [2.75, 3.05) is 0 Å². The molecule has 4 aromatic rings. The Labute approximate surface area is 184 Å². The van der Waals surface area contributed by atoms with Crippen LogP contribution in [0.4, 0.5) is 0 Å². The second-order valence-electron chi connectivity index (χ2n) is 6.60. The zero-order valence-corrected chi connectivity index (χ0v) is 18.0. The Morgan fingerprint density at radius 3 is 1.20 bits per heavy atom. The molecule has 0 aromatic carbocycles. The zero-order chi connectivity index (χ0) is 20.6. The number of hydrogen-bond acceptors (Lipinski definition) is 8. The monoisotopic (exact) mass is 468 g/mol. The van der Waals surface area contributed by atoms with E-state index in [-0.39, 0.29) is 23.6 Å². The lowest BCUT2D eigenvalue weighted by atomic mass is 10.2. The van der Waals surface area contributed by atoms with E-state index >= 15 is 0 Å². The lowest BCUT2D eigenvalue weighted by Crippen LogP contribution is -2.20. The molecule has 30 heavy (non-hydrogen) atoms. The topological polar surface area (TPSA) is 92.3 Å². The summed E-state index contributed by atoms with van der Waals surface area (Å²) in [5.74, 6) is -1.35. The van der Waals surface area contributed by atoms with Crippen molar-refractivity contribution in [3.05, 3.63) is 57.3 Å². The van der Waals surface area contributed by atoms with Crippen molar-refractivity contribution in [1.29, 1.82) is 0 Å². The summed E-state index contributed by atoms with van der Waals surface area (Å²) in [6, 6.07) is 11.6. The summed E-state index contributed by atoms with van der Waals surface area (Å²) >= 11 is 5.84. The minimum absolute atomic E-state index is 0.332. The third kappa shape index (κ3) is 2.58. The molecule has 146 valence electrons. The van der Waals surface area contributed by atoms with Gasteiger partial charge in [0.2, 0.25) is 0 Å². The second-order valence-corrected chi connectivity index (χ2v) is 10.9. The number of fused-ring (bicyclic) bond motifs is 2. The molecule has 10 heteroatoms. The lowest BCUT2D eigenvalue weighted by molar-refractivity contribution is 0.0864. The highest BCUT2D eigenvalue weighted by molar-refractivity contribution is 7.29. The molecule has 0 atom stereocenters. The molecule has 0 aliphatic carbocycles. The third-order valence-corrected chi connectivity index (χ3v) is 9.79. The summed E-state index contributed by atoms with van der Waals surface area (Å²) in [4.78, 5) is 54.1. The predicted octanol–water partition coefficient (Wildman–Crippen LogP) is 4.70. The SMILES string of the molecule is O=C1NC(=O)c2sc(-c3ccc(-c4ccc(-c5cc6c(s5)C(=O)NC6=O)s4)s3)cc21. The van der Waals surface area contributed by atoms with E-state index in [1.165, 1.54) is 22.7 Å². The highest BCUT2D eigenvalue weighted by atomic mass is 32.1. The standard InChI is InChI=1S/C20H8N2O4S4/c23-17-7-5-13(29-15(7)19(25)21-17)11-3-1-9(27-11)10-2-4-12(28-10)14-6-8-16(30-14)20(26)22-18(8)24/h1-6H,(H,21,23,25)(H,22,24,26). The fourth-order valence-corrected chi connectivity index (χ4v) is 7.73. The van der Waals surface area contributed by atoms with E-state index < -0.39 is 0 Å². The zero-order valence-electron chi connectivity index (χ0n) is 14.7. The van der Waals surface area contributed by atoms with Crippen LogP contribution in [0.15, 0.2) is 36.4 Å². The molecule has 0 radical (unpaired) electrons. The average molecular weight is 469 g/mol. The van der Waals surface area contributed by atoms with Gasteiger partial charge in [-0.15, -0.1) is 45.3 Å². The minimum atomic E-state index is -0.341. The molecule has 2 N–H and O–H groups in total. The van der Waals surface area contributed by atoms with Gasteiger partial charge in [-0.3, -0.25) is 29.8 Å². The van der Waals surface area contributed by atoms with Gasteiger partial charge >= 0.3 is 0 Å². The number of amides is 4. The van der Waals surface area contributed by atoms with Gasteiger partial charge in [0.05, 0.1) is 11.1 Å². The van der Waals surface area contributed by atoms with Crippen molar-refractivity contribution in [3.63, 3.8) is 0 Å². The van der Waals surface area contributed by atoms with E-state index in [0.717, 1.165) is 29.3 Å². The number of imide groups is 2. The number of rotatable bonds is 3. The molecule has 0 bridgehead atoms. The van der Waals surface area contributed by atoms with Crippen LogP contribution in [-0.4, -0.2) is 23.6 Å². The van der Waals surface area contributed by atoms with Crippen molar-refractivity contribution >= 4 is 69.0 Å². The van der Waals surface area contributed by atoms with Gasteiger partial charge in [-0.1, -0.05) is 0 Å². The number of carbonyl (C=O) groups is 4. The van der Waals surface area contributed by atoms with Crippen LogP contribution >= 0.6 is 45.3 Å². The van der Waals surface area contributed by atoms with Crippen LogP contribution in [0.25, 0.3) is 29.3 Å². The van der Waals surface area contributed by atoms with Crippen molar-refractivity contribution in [2.45, 2.75) is 0 Å². The molecule has 6 rings (SSSR count). The Morgan fingerprint density at radius 2 is 0.833 bits per heavy atom. The maximum absolute atomic E-state index is 11.8. The quantitative estimate of drug-likeness (QED) is 0.426. The Morgan fingerprint density at radius 1 is 0.467 bits per heavy atom. The van der Waals surface area contributed by atoms with Crippen LogP contribution in [0.5, 0.6) is 0 Å². The Bertz CT molecular complexity index is 1260. The molecule has 4 amide bonds. The van der Waals surface area contributed by atoms with Gasteiger partial charge in [0.1, 0.15) is 9.75 Å². The van der Waals surface area contributed by atoms with Crippen molar-refractivity contribution in [1.82, 2.24) is 10.6 Å². The van der Waals surface area contributed by atoms with Crippen molar-refractivity contribution < 1.29 is 19.2 Å². The summed E-state index contributed by atoms with van der Waals surface area (Å²) in [5, 5.41) is 4.60. The van der Waals surface area contributed by atoms with Gasteiger partial charge in [-0.25, -0.2) is 0 Å². The maximum Gasteiger partial charge on any atom is 0.269 e. The van der Waals surface area contributed by atoms with E-state index in [1.54, 1.807) is 34.8 Å². The molecule has 0 fully saturated rings. The van der Waals surface area contributed by atoms with Crippen molar-refractivity contribution in [2.24, 2.45) is 0 Å². The predicted molar refractivity (Wildman–Crippen MR) is 118 cm³/mol. The van der Waals surface area contributed by atoms with Gasteiger partial charge in [-0.05, 0) is 36.4 Å². The molecule has 0 spiro atoms. The Balaban J connectivity index is 1.31. The molecule has 2 aliphatic rings. The van der Waals surface area contributed by atoms with E-state index in [2.05, 4.69) is 10.6 Å². The molecule has 6 nitrogen and oxygen atoms in total. The Kier molecular flexibility index (Phi) is 3.75. The smallest absolute Gasteiger partial charge is 0.269 e. The maximum atomic E-state index is 11.8. The summed E-state index contributed by atoms with van der Waals surface area (Å²) in [5.41, 5.74) is 0.885. The van der Waals surface area contributed by atoms with Gasteiger partial charge in [0, 0.05) is 29.3 Å². The minimum Gasteiger partial charge on any atom is -0.287 e. The molecule has 0 saturated carbocycles. The van der Waals surface area contributed by atoms with Crippen LogP contribution in [0.3, 0.4) is 0 Å². The normalized spacial score (nSPS) is 14.8. The fourth-order valence-electron chi connectivity index (χ4n) is 3.36. The van der Waals surface area contributed by atoms with Gasteiger partial charge in [0.25, 0.3) is 23.6 Å². The second kappa shape index (κ2) is 6.29. The first-order valence-corrected chi connectivity index (χ1v) is 11.9. The van der Waals surface area contributed by atoms with E-state index in [4.69, 9.17) is 0 Å². The highest BCUT2D eigenvalue weighted by Crippen LogP contribution is 2.44. The number of nitrogens with one attached hydrogen (secondary N) is 2. The fraction of sp³-hybridized carbons (Fsp3) is 0. The lowest BCUT2D eigenvalue weighted by Gasteiger charge is -1.93. The molecule has 6 heterocycles. The first-order chi connectivity index (χ1) is 14.5. The average Bonchev–Trinajstić information content (AvgIpc) is 3.51. The molecule has 4 aromatic heterocycles. The van der Waals surface area contributed by atoms with E-state index in [0.29, 0.717) is 20.9 Å². The number of thiophene rings is 4. The van der Waals surface area contributed by atoms with Gasteiger partial charge in [-0.2, -0.15) is 0 Å². The molecule has 0 unspecified atom stereocenters. The van der Waals surface area contributed by atoms with Crippen LogP contribution < -0.4 is 10.6 Å². The first-order valence-electron chi connectivity index (χ1n) is 8.68. The highest BCUT2D eigenvalue weighted by Gasteiger charge is 2.31. The largest absolute Gasteiger partial charge is 0.287 e. The summed E-state index contributed by atoms with van der Waals surface area (Å²) in [7, 11) is 0. The summed E-state index contributed by atoms with van der Waals surface area (Å²) in [6.07, 6.45) is 0. The van der Waals surface area contributed by atoms with Gasteiger partial charge < -0.3 is 0 Å². The molecular weight excluding hydrogens is 460 g/mol. The van der Waals surface area contributed by atoms with Crippen molar-refractivity contribution in [3.8, 4) is 29.3 Å². The first kappa shape index (κ1) is 17.9. The third-order valence-electron chi connectivity index (χ3n) is 4.76. The molecule has 2 aliphatic heterocycles. The summed E-state index contributed by atoms with van der Waals surface area (Å²) < 4.78 is 0. The Hall–Kier alpha value is -2.92. The molecule has 0 saturated heterocycles. The van der Waals surface area contributed by atoms with E-state index in [9.17, 15) is 19.2 Å². The number of carbonyl (C=O) groups excluding carboxylic acids is 4.